The first-order chi connectivity index (χ1) is 12.1. The minimum absolute atomic E-state index is 0.0484. The monoisotopic (exact) mass is 341 g/mol. The number of anilines is 1. The third-order valence-electron chi connectivity index (χ3n) is 4.25. The number of aromatic amines is 1. The van der Waals surface area contributed by atoms with Crippen LogP contribution in [0.15, 0.2) is 24.3 Å². The van der Waals surface area contributed by atoms with Crippen LogP contribution in [0.3, 0.4) is 0 Å². The average molecular weight is 341 g/mol. The van der Waals surface area contributed by atoms with E-state index in [1.807, 2.05) is 36.1 Å². The molecule has 7 nitrogen and oxygen atoms in total. The van der Waals surface area contributed by atoms with Crippen molar-refractivity contribution in [1.29, 1.82) is 0 Å². The molecular formula is C18H23N5O2. The van der Waals surface area contributed by atoms with Crippen LogP contribution in [-0.2, 0) is 9.59 Å². The van der Waals surface area contributed by atoms with Gasteiger partial charge in [-0.25, -0.2) is 4.98 Å². The number of rotatable bonds is 6. The topological polar surface area (TPSA) is 91.0 Å². The van der Waals surface area contributed by atoms with Gasteiger partial charge in [-0.15, -0.1) is 0 Å². The summed E-state index contributed by atoms with van der Waals surface area (Å²) >= 11 is 0. The van der Waals surface area contributed by atoms with Gasteiger partial charge in [0.2, 0.25) is 11.8 Å². The molecule has 1 aliphatic rings. The van der Waals surface area contributed by atoms with E-state index in [-0.39, 0.29) is 11.8 Å². The van der Waals surface area contributed by atoms with Crippen molar-refractivity contribution in [2.45, 2.75) is 39.0 Å². The fraction of sp³-hybridized carbons (Fsp3) is 0.444. The Hall–Kier alpha value is -2.70. The number of amides is 2. The van der Waals surface area contributed by atoms with Gasteiger partial charge >= 0.3 is 0 Å². The van der Waals surface area contributed by atoms with Crippen molar-refractivity contribution in [1.82, 2.24) is 20.1 Å². The molecule has 2 N–H and O–H groups in total. The van der Waals surface area contributed by atoms with Crippen LogP contribution in [0.2, 0.25) is 0 Å². The van der Waals surface area contributed by atoms with Crippen LogP contribution in [0.1, 0.15) is 37.9 Å². The summed E-state index contributed by atoms with van der Waals surface area (Å²) in [6.07, 6.45) is 3.76. The third-order valence-corrected chi connectivity index (χ3v) is 4.25. The van der Waals surface area contributed by atoms with Crippen molar-refractivity contribution in [2.75, 3.05) is 18.4 Å². The molecule has 2 heterocycles. The molecule has 0 saturated carbocycles. The number of aromatic nitrogens is 3. The summed E-state index contributed by atoms with van der Waals surface area (Å²) in [7, 11) is 0. The van der Waals surface area contributed by atoms with Crippen molar-refractivity contribution in [3.05, 3.63) is 30.1 Å². The van der Waals surface area contributed by atoms with Crippen molar-refractivity contribution < 1.29 is 9.59 Å². The maximum atomic E-state index is 12.1. The van der Waals surface area contributed by atoms with Gasteiger partial charge in [0.15, 0.2) is 5.82 Å². The van der Waals surface area contributed by atoms with Crippen LogP contribution in [0, 0.1) is 6.92 Å². The summed E-state index contributed by atoms with van der Waals surface area (Å²) in [6.45, 7) is 3.32. The van der Waals surface area contributed by atoms with Gasteiger partial charge < -0.3 is 10.2 Å². The smallest absolute Gasteiger partial charge is 0.224 e. The lowest BCUT2D eigenvalue weighted by Gasteiger charge is -2.26. The summed E-state index contributed by atoms with van der Waals surface area (Å²) in [5.74, 6) is 1.52. The van der Waals surface area contributed by atoms with Crippen molar-refractivity contribution in [2.24, 2.45) is 0 Å². The zero-order valence-electron chi connectivity index (χ0n) is 14.4. The Morgan fingerprint density at radius 3 is 3.00 bits per heavy atom. The lowest BCUT2D eigenvalue weighted by atomic mass is 10.1. The molecule has 0 spiro atoms. The summed E-state index contributed by atoms with van der Waals surface area (Å²) in [6, 6.07) is 7.47. The minimum atomic E-state index is -0.0484. The molecule has 3 rings (SSSR count). The molecule has 0 bridgehead atoms. The lowest BCUT2D eigenvalue weighted by Crippen LogP contribution is -2.36. The molecule has 7 heteroatoms. The van der Waals surface area contributed by atoms with E-state index in [0.717, 1.165) is 36.5 Å². The molecule has 132 valence electrons. The van der Waals surface area contributed by atoms with Crippen LogP contribution in [0.5, 0.6) is 0 Å². The number of nitrogens with one attached hydrogen (secondary N) is 2. The SMILES string of the molecule is Cc1nc(-c2cccc(NC(=O)CCCN3CCCCC3=O)c2)n[nH]1. The van der Waals surface area contributed by atoms with Crippen LogP contribution >= 0.6 is 0 Å². The van der Waals surface area contributed by atoms with Gasteiger partial charge in [-0.2, -0.15) is 5.10 Å². The average Bonchev–Trinajstić information content (AvgIpc) is 3.03. The van der Waals surface area contributed by atoms with Gasteiger partial charge in [-0.05, 0) is 38.3 Å². The zero-order chi connectivity index (χ0) is 17.6. The largest absolute Gasteiger partial charge is 0.343 e. The van der Waals surface area contributed by atoms with E-state index in [0.29, 0.717) is 31.6 Å². The molecule has 0 unspecified atom stereocenters. The Morgan fingerprint density at radius 1 is 1.36 bits per heavy atom. The molecule has 25 heavy (non-hydrogen) atoms. The van der Waals surface area contributed by atoms with E-state index < -0.39 is 0 Å². The van der Waals surface area contributed by atoms with Crippen LogP contribution in [0.4, 0.5) is 5.69 Å². The maximum Gasteiger partial charge on any atom is 0.224 e. The number of hydrogen-bond donors (Lipinski definition) is 2. The molecule has 1 saturated heterocycles. The number of nitrogens with zero attached hydrogens (tertiary/aromatic N) is 3. The van der Waals surface area contributed by atoms with E-state index in [9.17, 15) is 9.59 Å². The van der Waals surface area contributed by atoms with E-state index in [1.165, 1.54) is 0 Å². The summed E-state index contributed by atoms with van der Waals surface area (Å²) < 4.78 is 0. The number of benzene rings is 1. The fourth-order valence-corrected chi connectivity index (χ4v) is 2.96. The summed E-state index contributed by atoms with van der Waals surface area (Å²) in [4.78, 5) is 30.0. The zero-order valence-corrected chi connectivity index (χ0v) is 14.4. The van der Waals surface area contributed by atoms with Crippen molar-refractivity contribution in [3.63, 3.8) is 0 Å². The standard InChI is InChI=1S/C18H23N5O2/c1-13-19-18(22-21-13)14-6-4-7-15(12-14)20-16(24)8-5-11-23-10-3-2-9-17(23)25/h4,6-7,12H,2-3,5,8-11H2,1H3,(H,20,24)(H,19,21,22). The Balaban J connectivity index is 1.50. The van der Waals surface area contributed by atoms with Gasteiger partial charge in [0, 0.05) is 37.2 Å². The van der Waals surface area contributed by atoms with Crippen molar-refractivity contribution in [3.8, 4) is 11.4 Å². The molecular weight excluding hydrogens is 318 g/mol. The predicted octanol–water partition coefficient (Wildman–Crippen LogP) is 2.51. The Bertz CT molecular complexity index is 755. The lowest BCUT2D eigenvalue weighted by molar-refractivity contribution is -0.133. The summed E-state index contributed by atoms with van der Waals surface area (Å²) in [5.41, 5.74) is 1.57. The minimum Gasteiger partial charge on any atom is -0.343 e. The van der Waals surface area contributed by atoms with Crippen LogP contribution in [0.25, 0.3) is 11.4 Å². The highest BCUT2D eigenvalue weighted by Crippen LogP contribution is 2.19. The molecule has 2 amide bonds. The van der Waals surface area contributed by atoms with Gasteiger partial charge in [0.1, 0.15) is 5.82 Å². The highest BCUT2D eigenvalue weighted by atomic mass is 16.2. The van der Waals surface area contributed by atoms with Gasteiger partial charge in [0.25, 0.3) is 0 Å². The first-order valence-electron chi connectivity index (χ1n) is 8.69. The van der Waals surface area contributed by atoms with E-state index >= 15 is 0 Å². The number of carbonyl (C=O) groups is 2. The second-order valence-corrected chi connectivity index (χ2v) is 6.31. The number of carbonyl (C=O) groups excluding carboxylic acids is 2. The van der Waals surface area contributed by atoms with E-state index in [4.69, 9.17) is 0 Å². The van der Waals surface area contributed by atoms with Gasteiger partial charge in [-0.3, -0.25) is 14.7 Å². The van der Waals surface area contributed by atoms with Gasteiger partial charge in [-0.1, -0.05) is 12.1 Å². The maximum absolute atomic E-state index is 12.1. The molecule has 1 aromatic heterocycles. The van der Waals surface area contributed by atoms with Gasteiger partial charge in [0.05, 0.1) is 0 Å². The highest BCUT2D eigenvalue weighted by Gasteiger charge is 2.17. The second-order valence-electron chi connectivity index (χ2n) is 6.31. The Morgan fingerprint density at radius 2 is 2.24 bits per heavy atom. The number of aryl methyl sites for hydroxylation is 1. The fourth-order valence-electron chi connectivity index (χ4n) is 2.96. The Labute approximate surface area is 146 Å². The third kappa shape index (κ3) is 4.65. The molecule has 0 atom stereocenters. The molecule has 0 radical (unpaired) electrons. The molecule has 1 aromatic carbocycles. The second kappa shape index (κ2) is 7.92. The molecule has 1 aliphatic heterocycles. The van der Waals surface area contributed by atoms with Crippen LogP contribution < -0.4 is 5.32 Å². The first kappa shape index (κ1) is 17.1. The highest BCUT2D eigenvalue weighted by molar-refractivity contribution is 5.91. The Kier molecular flexibility index (Phi) is 5.42. The molecule has 2 aromatic rings. The van der Waals surface area contributed by atoms with Crippen LogP contribution in [-0.4, -0.2) is 45.0 Å². The van der Waals surface area contributed by atoms with E-state index in [2.05, 4.69) is 20.5 Å². The molecule has 0 aliphatic carbocycles. The van der Waals surface area contributed by atoms with Crippen molar-refractivity contribution >= 4 is 17.5 Å². The molecule has 1 fully saturated rings. The summed E-state index contributed by atoms with van der Waals surface area (Å²) in [5, 5.41) is 9.84. The number of piperidine rings is 1. The number of H-pyrrole nitrogens is 1. The number of hydrogen-bond acceptors (Lipinski definition) is 4. The number of likely N-dealkylation sites (tertiary alicyclic amines) is 1. The normalized spacial score (nSPS) is 14.6. The quantitative estimate of drug-likeness (QED) is 0.844. The first-order valence-corrected chi connectivity index (χ1v) is 8.69. The van der Waals surface area contributed by atoms with E-state index in [1.54, 1.807) is 0 Å². The predicted molar refractivity (Wildman–Crippen MR) is 94.9 cm³/mol.